The maximum Gasteiger partial charge on any atom is 0.328 e. The van der Waals surface area contributed by atoms with Crippen LogP contribution >= 0.6 is 0 Å². The van der Waals surface area contributed by atoms with Crippen LogP contribution in [0.1, 0.15) is 30.0 Å². The zero-order valence-electron chi connectivity index (χ0n) is 14.2. The fraction of sp³-hybridized carbons (Fsp3) is 0.250. The molecular weight excluding hydrogens is 304 g/mol. The molecule has 0 amide bonds. The first-order valence-corrected chi connectivity index (χ1v) is 7.88. The lowest BCUT2D eigenvalue weighted by Gasteiger charge is -2.14. The molecule has 4 heteroatoms. The molecule has 0 saturated heterocycles. The second-order valence-electron chi connectivity index (χ2n) is 5.48. The van der Waals surface area contributed by atoms with E-state index in [9.17, 15) is 9.90 Å². The fourth-order valence-electron chi connectivity index (χ4n) is 2.44. The Morgan fingerprint density at radius 2 is 1.88 bits per heavy atom. The van der Waals surface area contributed by atoms with Gasteiger partial charge in [-0.05, 0) is 42.2 Å². The third kappa shape index (κ3) is 4.38. The maximum atomic E-state index is 11.3. The summed E-state index contributed by atoms with van der Waals surface area (Å²) in [7, 11) is 1.57. The summed E-state index contributed by atoms with van der Waals surface area (Å²) in [6.07, 6.45) is 2.12. The Bertz CT molecular complexity index is 747. The zero-order valence-corrected chi connectivity index (χ0v) is 14.2. The highest BCUT2D eigenvalue weighted by molar-refractivity contribution is 5.95. The molecule has 0 heterocycles. The first-order valence-electron chi connectivity index (χ1n) is 7.88. The van der Waals surface area contributed by atoms with E-state index < -0.39 is 5.97 Å². The summed E-state index contributed by atoms with van der Waals surface area (Å²) in [6.45, 7) is 4.61. The van der Waals surface area contributed by atoms with Crippen LogP contribution in [0.5, 0.6) is 11.5 Å². The molecule has 0 unspecified atom stereocenters. The van der Waals surface area contributed by atoms with Gasteiger partial charge in [0.15, 0.2) is 11.5 Å². The van der Waals surface area contributed by atoms with Gasteiger partial charge in [0.05, 0.1) is 13.7 Å². The van der Waals surface area contributed by atoms with Gasteiger partial charge in [-0.2, -0.15) is 0 Å². The van der Waals surface area contributed by atoms with Gasteiger partial charge in [0.25, 0.3) is 0 Å². The van der Waals surface area contributed by atoms with E-state index in [0.29, 0.717) is 23.7 Å². The van der Waals surface area contributed by atoms with Crippen molar-refractivity contribution < 1.29 is 19.4 Å². The smallest absolute Gasteiger partial charge is 0.328 e. The minimum absolute atomic E-state index is 0.588. The van der Waals surface area contributed by atoms with Gasteiger partial charge in [0.2, 0.25) is 0 Å². The van der Waals surface area contributed by atoms with Crippen molar-refractivity contribution in [2.45, 2.75) is 20.3 Å². The number of benzene rings is 2. The normalized spacial score (nSPS) is 11.2. The second-order valence-corrected chi connectivity index (χ2v) is 5.48. The Hall–Kier alpha value is -2.75. The lowest BCUT2D eigenvalue weighted by atomic mass is 9.96. The topological polar surface area (TPSA) is 55.8 Å². The molecule has 2 aromatic carbocycles. The van der Waals surface area contributed by atoms with Crippen molar-refractivity contribution in [2.24, 2.45) is 0 Å². The molecule has 4 nitrogen and oxygen atoms in total. The first kappa shape index (κ1) is 17.6. The van der Waals surface area contributed by atoms with Crippen molar-refractivity contribution in [2.75, 3.05) is 13.7 Å². The van der Waals surface area contributed by atoms with Crippen LogP contribution in [-0.4, -0.2) is 24.8 Å². The zero-order chi connectivity index (χ0) is 17.5. The molecular formula is C20H22O4. The maximum absolute atomic E-state index is 11.3. The number of carboxylic acid groups (broad SMARTS) is 1. The van der Waals surface area contributed by atoms with E-state index in [1.807, 2.05) is 56.3 Å². The van der Waals surface area contributed by atoms with Crippen molar-refractivity contribution in [3.05, 3.63) is 65.2 Å². The summed E-state index contributed by atoms with van der Waals surface area (Å²) in [5.41, 5.74) is 3.32. The number of carbonyl (C=O) groups is 1. The molecule has 0 radical (unpaired) electrons. The summed E-state index contributed by atoms with van der Waals surface area (Å²) >= 11 is 0. The van der Waals surface area contributed by atoms with E-state index in [4.69, 9.17) is 9.47 Å². The van der Waals surface area contributed by atoms with Gasteiger partial charge < -0.3 is 14.6 Å². The van der Waals surface area contributed by atoms with Crippen molar-refractivity contribution in [1.82, 2.24) is 0 Å². The molecule has 0 fully saturated rings. The average molecular weight is 326 g/mol. The van der Waals surface area contributed by atoms with Crippen LogP contribution in [0.3, 0.4) is 0 Å². The van der Waals surface area contributed by atoms with E-state index in [2.05, 4.69) is 0 Å². The van der Waals surface area contributed by atoms with Gasteiger partial charge in [-0.15, -0.1) is 0 Å². The molecule has 24 heavy (non-hydrogen) atoms. The van der Waals surface area contributed by atoms with Crippen molar-refractivity contribution in [1.29, 1.82) is 0 Å². The SMILES string of the molecule is CCCOc1ccc(/C(=C\C(=O)O)c2cccc(C)c2)cc1OC. The second kappa shape index (κ2) is 8.20. The number of hydrogen-bond acceptors (Lipinski definition) is 3. The highest BCUT2D eigenvalue weighted by atomic mass is 16.5. The summed E-state index contributed by atoms with van der Waals surface area (Å²) in [6, 6.07) is 13.2. The van der Waals surface area contributed by atoms with E-state index in [1.165, 1.54) is 6.08 Å². The van der Waals surface area contributed by atoms with Gasteiger partial charge in [0.1, 0.15) is 0 Å². The number of carboxylic acids is 1. The number of aryl methyl sites for hydroxylation is 1. The predicted molar refractivity (Wildman–Crippen MR) is 94.7 cm³/mol. The molecule has 2 aromatic rings. The lowest BCUT2D eigenvalue weighted by Crippen LogP contribution is -2.00. The molecule has 0 aliphatic carbocycles. The van der Waals surface area contributed by atoms with E-state index in [-0.39, 0.29) is 0 Å². The van der Waals surface area contributed by atoms with Gasteiger partial charge in [-0.3, -0.25) is 0 Å². The minimum Gasteiger partial charge on any atom is -0.493 e. The quantitative estimate of drug-likeness (QED) is 0.770. The van der Waals surface area contributed by atoms with Crippen LogP contribution < -0.4 is 9.47 Å². The van der Waals surface area contributed by atoms with Crippen molar-refractivity contribution in [3.8, 4) is 11.5 Å². The van der Waals surface area contributed by atoms with Crippen LogP contribution in [0.15, 0.2) is 48.5 Å². The molecule has 0 atom stereocenters. The van der Waals surface area contributed by atoms with Crippen molar-refractivity contribution >= 4 is 11.5 Å². The first-order chi connectivity index (χ1) is 11.5. The van der Waals surface area contributed by atoms with Crippen LogP contribution in [0, 0.1) is 6.92 Å². The van der Waals surface area contributed by atoms with E-state index in [0.717, 1.165) is 23.1 Å². The number of hydrogen-bond donors (Lipinski definition) is 1. The van der Waals surface area contributed by atoms with Crippen LogP contribution in [0.4, 0.5) is 0 Å². The van der Waals surface area contributed by atoms with Gasteiger partial charge >= 0.3 is 5.97 Å². The Morgan fingerprint density at radius 3 is 2.50 bits per heavy atom. The van der Waals surface area contributed by atoms with Crippen LogP contribution in [0.25, 0.3) is 5.57 Å². The molecule has 0 saturated carbocycles. The number of ether oxygens (including phenoxy) is 2. The summed E-state index contributed by atoms with van der Waals surface area (Å²) in [5, 5.41) is 9.24. The summed E-state index contributed by atoms with van der Waals surface area (Å²) in [5.74, 6) is 0.253. The summed E-state index contributed by atoms with van der Waals surface area (Å²) in [4.78, 5) is 11.3. The number of aliphatic carboxylic acids is 1. The molecule has 0 bridgehead atoms. The Balaban J connectivity index is 2.49. The third-order valence-corrected chi connectivity index (χ3v) is 3.53. The summed E-state index contributed by atoms with van der Waals surface area (Å²) < 4.78 is 11.1. The standard InChI is InChI=1S/C20H22O4/c1-4-10-24-18-9-8-16(12-19(18)23-3)17(13-20(21)22)15-7-5-6-14(2)11-15/h5-9,11-13H,4,10H2,1-3H3,(H,21,22)/b17-13-. The van der Waals surface area contributed by atoms with Gasteiger partial charge in [0, 0.05) is 6.08 Å². The van der Waals surface area contributed by atoms with E-state index in [1.54, 1.807) is 7.11 Å². The molecule has 0 aromatic heterocycles. The van der Waals surface area contributed by atoms with Crippen LogP contribution in [-0.2, 0) is 4.79 Å². The minimum atomic E-state index is -0.989. The third-order valence-electron chi connectivity index (χ3n) is 3.53. The molecule has 126 valence electrons. The molecule has 0 aliphatic rings. The molecule has 0 aliphatic heterocycles. The van der Waals surface area contributed by atoms with Crippen LogP contribution in [0.2, 0.25) is 0 Å². The number of rotatable bonds is 7. The Morgan fingerprint density at radius 1 is 1.12 bits per heavy atom. The largest absolute Gasteiger partial charge is 0.493 e. The highest BCUT2D eigenvalue weighted by Gasteiger charge is 2.12. The Labute approximate surface area is 142 Å². The molecule has 0 spiro atoms. The van der Waals surface area contributed by atoms with Crippen molar-refractivity contribution in [3.63, 3.8) is 0 Å². The van der Waals surface area contributed by atoms with E-state index >= 15 is 0 Å². The Kier molecular flexibility index (Phi) is 6.01. The lowest BCUT2D eigenvalue weighted by molar-refractivity contribution is -0.131. The predicted octanol–water partition coefficient (Wildman–Crippen LogP) is 4.31. The molecule has 2 rings (SSSR count). The average Bonchev–Trinajstić information content (AvgIpc) is 2.57. The fourth-order valence-corrected chi connectivity index (χ4v) is 2.44. The van der Waals surface area contributed by atoms with Gasteiger partial charge in [-0.1, -0.05) is 42.8 Å². The monoisotopic (exact) mass is 326 g/mol. The van der Waals surface area contributed by atoms with Gasteiger partial charge in [-0.25, -0.2) is 4.79 Å². The number of methoxy groups -OCH3 is 1. The molecule has 1 N–H and O–H groups in total. The highest BCUT2D eigenvalue weighted by Crippen LogP contribution is 2.33.